The second kappa shape index (κ2) is 5.69. The molecule has 0 aromatic heterocycles. The Hall–Kier alpha value is -0.0800. The summed E-state index contributed by atoms with van der Waals surface area (Å²) in [5.74, 6) is 0.602. The summed E-state index contributed by atoms with van der Waals surface area (Å²) in [4.78, 5) is 0. The van der Waals surface area contributed by atoms with Crippen LogP contribution in [0.4, 0.5) is 0 Å². The van der Waals surface area contributed by atoms with Crippen molar-refractivity contribution < 1.29 is 0 Å². The average Bonchev–Trinajstić information content (AvgIpc) is 1.99. The summed E-state index contributed by atoms with van der Waals surface area (Å²) in [6.45, 7) is 5.18. The summed E-state index contributed by atoms with van der Waals surface area (Å²) in [5, 5.41) is 3.27. The molecule has 0 aromatic rings. The highest BCUT2D eigenvalue weighted by atomic mass is 14.9. The Morgan fingerprint density at radius 3 is 2.40 bits per heavy atom. The first-order valence-corrected chi connectivity index (χ1v) is 4.13. The number of hydrogen-bond acceptors (Lipinski definition) is 2. The van der Waals surface area contributed by atoms with Crippen LogP contribution < -0.4 is 11.1 Å². The highest BCUT2D eigenvalue weighted by molar-refractivity contribution is 4.71. The minimum Gasteiger partial charge on any atom is -0.330 e. The lowest BCUT2D eigenvalue weighted by molar-refractivity contribution is 0.381. The molecule has 62 valence electrons. The molecule has 0 aliphatic heterocycles. The predicted molar refractivity (Wildman–Crippen MR) is 46.0 cm³/mol. The molecule has 0 rings (SSSR count). The van der Waals surface area contributed by atoms with Crippen molar-refractivity contribution in [3.63, 3.8) is 0 Å². The van der Waals surface area contributed by atoms with Gasteiger partial charge in [-0.3, -0.25) is 0 Å². The Bertz CT molecular complexity index is 73.7. The third-order valence-corrected chi connectivity index (χ3v) is 2.03. The summed E-state index contributed by atoms with van der Waals surface area (Å²) in [7, 11) is 2.01. The molecule has 0 amide bonds. The smallest absolute Gasteiger partial charge is 0.0102 e. The van der Waals surface area contributed by atoms with Crippen LogP contribution in [0.3, 0.4) is 0 Å². The zero-order valence-electron chi connectivity index (χ0n) is 7.35. The number of nitrogens with two attached hydrogens (primary N) is 1. The van der Waals surface area contributed by atoms with E-state index >= 15 is 0 Å². The molecule has 0 aliphatic carbocycles. The molecule has 0 saturated carbocycles. The van der Waals surface area contributed by atoms with Crippen LogP contribution >= 0.6 is 0 Å². The van der Waals surface area contributed by atoms with E-state index in [9.17, 15) is 0 Å². The highest BCUT2D eigenvalue weighted by Crippen LogP contribution is 2.06. The Kier molecular flexibility index (Phi) is 5.64. The molecular formula is C8H20N2. The van der Waals surface area contributed by atoms with Gasteiger partial charge in [0.05, 0.1) is 0 Å². The molecule has 0 spiro atoms. The predicted octanol–water partition coefficient (Wildman–Crippen LogP) is 0.969. The van der Waals surface area contributed by atoms with E-state index in [-0.39, 0.29) is 0 Å². The summed E-state index contributed by atoms with van der Waals surface area (Å²) >= 11 is 0. The standard InChI is InChI=1S/C8H20N2/c1-4-5-8(10-3)7(2)6-9/h7-8,10H,4-6,9H2,1-3H3. The average molecular weight is 144 g/mol. The Morgan fingerprint density at radius 2 is 2.10 bits per heavy atom. The molecule has 0 heterocycles. The van der Waals surface area contributed by atoms with Gasteiger partial charge in [0.1, 0.15) is 0 Å². The molecule has 2 nitrogen and oxygen atoms in total. The molecule has 2 unspecified atom stereocenters. The van der Waals surface area contributed by atoms with E-state index in [0.29, 0.717) is 12.0 Å². The Morgan fingerprint density at radius 1 is 1.50 bits per heavy atom. The van der Waals surface area contributed by atoms with Gasteiger partial charge in [-0.05, 0) is 25.9 Å². The lowest BCUT2D eigenvalue weighted by Gasteiger charge is -2.21. The molecule has 2 heteroatoms. The van der Waals surface area contributed by atoms with Crippen LogP contribution in [0.2, 0.25) is 0 Å². The van der Waals surface area contributed by atoms with Gasteiger partial charge in [-0.2, -0.15) is 0 Å². The topological polar surface area (TPSA) is 38.0 Å². The van der Waals surface area contributed by atoms with E-state index in [2.05, 4.69) is 19.2 Å². The van der Waals surface area contributed by atoms with Gasteiger partial charge in [-0.25, -0.2) is 0 Å². The Labute approximate surface area is 64.2 Å². The Balaban J connectivity index is 3.56. The summed E-state index contributed by atoms with van der Waals surface area (Å²) in [5.41, 5.74) is 5.54. The normalized spacial score (nSPS) is 16.8. The van der Waals surface area contributed by atoms with E-state index < -0.39 is 0 Å². The van der Waals surface area contributed by atoms with Gasteiger partial charge in [0.15, 0.2) is 0 Å². The van der Waals surface area contributed by atoms with Gasteiger partial charge in [0, 0.05) is 6.04 Å². The van der Waals surface area contributed by atoms with Gasteiger partial charge in [0.2, 0.25) is 0 Å². The molecule has 2 atom stereocenters. The lowest BCUT2D eigenvalue weighted by Crippen LogP contribution is -2.35. The minimum atomic E-state index is 0.602. The first-order valence-electron chi connectivity index (χ1n) is 4.13. The van der Waals surface area contributed by atoms with E-state index in [4.69, 9.17) is 5.73 Å². The quantitative estimate of drug-likeness (QED) is 0.603. The summed E-state index contributed by atoms with van der Waals surface area (Å²) in [6, 6.07) is 0.606. The molecule has 0 bridgehead atoms. The maximum Gasteiger partial charge on any atom is 0.0102 e. The molecule has 0 fully saturated rings. The number of nitrogens with one attached hydrogen (secondary N) is 1. The second-order valence-electron chi connectivity index (χ2n) is 2.90. The van der Waals surface area contributed by atoms with Crippen molar-refractivity contribution in [3.05, 3.63) is 0 Å². The third kappa shape index (κ3) is 3.18. The second-order valence-corrected chi connectivity index (χ2v) is 2.90. The van der Waals surface area contributed by atoms with Crippen LogP contribution in [-0.2, 0) is 0 Å². The van der Waals surface area contributed by atoms with Crippen LogP contribution in [0, 0.1) is 5.92 Å². The fourth-order valence-electron chi connectivity index (χ4n) is 1.19. The largest absolute Gasteiger partial charge is 0.330 e. The molecule has 3 N–H and O–H groups in total. The van der Waals surface area contributed by atoms with E-state index in [1.54, 1.807) is 0 Å². The molecule has 0 radical (unpaired) electrons. The molecule has 0 aromatic carbocycles. The molecule has 0 saturated heterocycles. The van der Waals surface area contributed by atoms with Crippen LogP contribution in [-0.4, -0.2) is 19.6 Å². The first-order chi connectivity index (χ1) is 4.76. The van der Waals surface area contributed by atoms with Crippen molar-refractivity contribution in [1.29, 1.82) is 0 Å². The third-order valence-electron chi connectivity index (χ3n) is 2.03. The fourth-order valence-corrected chi connectivity index (χ4v) is 1.19. The van der Waals surface area contributed by atoms with Crippen molar-refractivity contribution in [1.82, 2.24) is 5.32 Å². The van der Waals surface area contributed by atoms with E-state index in [1.807, 2.05) is 7.05 Å². The lowest BCUT2D eigenvalue weighted by atomic mass is 9.98. The van der Waals surface area contributed by atoms with Crippen LogP contribution in [0.25, 0.3) is 0 Å². The van der Waals surface area contributed by atoms with Crippen LogP contribution in [0.15, 0.2) is 0 Å². The van der Waals surface area contributed by atoms with Gasteiger partial charge in [-0.15, -0.1) is 0 Å². The molecule has 0 aliphatic rings. The van der Waals surface area contributed by atoms with Gasteiger partial charge in [0.25, 0.3) is 0 Å². The van der Waals surface area contributed by atoms with Gasteiger partial charge >= 0.3 is 0 Å². The van der Waals surface area contributed by atoms with Gasteiger partial charge < -0.3 is 11.1 Å². The molecular weight excluding hydrogens is 124 g/mol. The SMILES string of the molecule is CCCC(NC)C(C)CN. The highest BCUT2D eigenvalue weighted by Gasteiger charge is 2.11. The minimum absolute atomic E-state index is 0.602. The van der Waals surface area contributed by atoms with E-state index in [0.717, 1.165) is 6.54 Å². The van der Waals surface area contributed by atoms with Crippen LogP contribution in [0.1, 0.15) is 26.7 Å². The van der Waals surface area contributed by atoms with Crippen molar-refractivity contribution in [2.75, 3.05) is 13.6 Å². The maximum atomic E-state index is 5.54. The fraction of sp³-hybridized carbons (Fsp3) is 1.00. The molecule has 10 heavy (non-hydrogen) atoms. The summed E-state index contributed by atoms with van der Waals surface area (Å²) < 4.78 is 0. The maximum absolute atomic E-state index is 5.54. The van der Waals surface area contributed by atoms with Crippen LogP contribution in [0.5, 0.6) is 0 Å². The first kappa shape index (κ1) is 9.92. The van der Waals surface area contributed by atoms with Crippen molar-refractivity contribution in [3.8, 4) is 0 Å². The number of hydrogen-bond donors (Lipinski definition) is 2. The number of rotatable bonds is 5. The summed E-state index contributed by atoms with van der Waals surface area (Å²) in [6.07, 6.45) is 2.46. The monoisotopic (exact) mass is 144 g/mol. The van der Waals surface area contributed by atoms with E-state index in [1.165, 1.54) is 12.8 Å². The van der Waals surface area contributed by atoms with Crippen molar-refractivity contribution >= 4 is 0 Å². The zero-order chi connectivity index (χ0) is 7.98. The van der Waals surface area contributed by atoms with Crippen molar-refractivity contribution in [2.45, 2.75) is 32.7 Å². The van der Waals surface area contributed by atoms with Gasteiger partial charge in [-0.1, -0.05) is 20.3 Å². The zero-order valence-corrected chi connectivity index (χ0v) is 7.35. The van der Waals surface area contributed by atoms with Crippen molar-refractivity contribution in [2.24, 2.45) is 11.7 Å².